The fourth-order valence-electron chi connectivity index (χ4n) is 6.54. The molecule has 2 aromatic rings. The van der Waals surface area contributed by atoms with E-state index in [2.05, 4.69) is 17.0 Å². The van der Waals surface area contributed by atoms with Gasteiger partial charge < -0.3 is 34.6 Å². The summed E-state index contributed by atoms with van der Waals surface area (Å²) in [6.07, 6.45) is 1.62. The number of benzene rings is 2. The number of halogens is 1. The van der Waals surface area contributed by atoms with Crippen molar-refractivity contribution in [1.82, 2.24) is 9.80 Å². The van der Waals surface area contributed by atoms with Gasteiger partial charge in [-0.15, -0.1) is 0 Å². The van der Waals surface area contributed by atoms with Gasteiger partial charge in [-0.05, 0) is 67.0 Å². The highest BCUT2D eigenvalue weighted by Crippen LogP contribution is 2.44. The molecule has 1 spiro atoms. The molecule has 2 saturated heterocycles. The third kappa shape index (κ3) is 7.07. The van der Waals surface area contributed by atoms with Gasteiger partial charge in [-0.25, -0.2) is 4.79 Å². The maximum absolute atomic E-state index is 13.7. The van der Waals surface area contributed by atoms with E-state index in [1.165, 1.54) is 29.3 Å². The van der Waals surface area contributed by atoms with Crippen molar-refractivity contribution in [3.63, 3.8) is 0 Å². The van der Waals surface area contributed by atoms with Crippen molar-refractivity contribution < 1.29 is 44.0 Å². The molecule has 44 heavy (non-hydrogen) atoms. The summed E-state index contributed by atoms with van der Waals surface area (Å²) in [6, 6.07) is 12.8. The third-order valence-electron chi connectivity index (χ3n) is 8.92. The van der Waals surface area contributed by atoms with Gasteiger partial charge in [-0.1, -0.05) is 35.9 Å². The number of amides is 1. The summed E-state index contributed by atoms with van der Waals surface area (Å²) in [7, 11) is 0. The van der Waals surface area contributed by atoms with E-state index in [1.54, 1.807) is 0 Å². The summed E-state index contributed by atoms with van der Waals surface area (Å²) in [5.41, 5.74) is -0.0419. The molecule has 2 atom stereocenters. The van der Waals surface area contributed by atoms with Gasteiger partial charge in [0.15, 0.2) is 5.60 Å². The fourth-order valence-corrected chi connectivity index (χ4v) is 6.73. The highest BCUT2D eigenvalue weighted by molar-refractivity contribution is 6.31. The number of likely N-dealkylation sites (tertiary alicyclic amines) is 2. The Morgan fingerprint density at radius 2 is 1.70 bits per heavy atom. The fraction of sp³-hybridized carbons (Fsp3) is 0.500. The lowest BCUT2D eigenvalue weighted by Crippen LogP contribution is -2.47. The topological polar surface area (TPSA) is 154 Å². The van der Waals surface area contributed by atoms with Gasteiger partial charge in [0, 0.05) is 37.7 Å². The van der Waals surface area contributed by atoms with Gasteiger partial charge in [-0.2, -0.15) is 0 Å². The van der Waals surface area contributed by atoms with Crippen LogP contribution in [-0.2, 0) is 42.5 Å². The lowest BCUT2D eigenvalue weighted by atomic mass is 9.83. The maximum Gasteiger partial charge on any atom is 0.336 e. The summed E-state index contributed by atoms with van der Waals surface area (Å²) >= 11 is 6.54. The number of esters is 1. The standard InChI is InChI=1S/C32H37ClN2O9/c33-26-8-7-24(44-28(38)18-31(42,30(40)41)17-27(36)37)16-22(26)15-23(29(39)35-11-3-4-12-35)19-34-13-9-32(10-14-34)25-6-2-1-5-21(25)20-43-32/h1-2,5-8,16,23,42H,3-4,9-15,17-20H2,(H,36,37)(H,40,41). The van der Waals surface area contributed by atoms with Crippen LogP contribution < -0.4 is 4.74 Å². The minimum atomic E-state index is -2.82. The van der Waals surface area contributed by atoms with E-state index < -0.39 is 42.3 Å². The number of piperidine rings is 1. The number of ether oxygens (including phenoxy) is 2. The number of fused-ring (bicyclic) bond motifs is 2. The zero-order valence-corrected chi connectivity index (χ0v) is 25.1. The Kier molecular flexibility index (Phi) is 9.59. The highest BCUT2D eigenvalue weighted by Gasteiger charge is 2.43. The van der Waals surface area contributed by atoms with E-state index >= 15 is 0 Å². The first-order valence-corrected chi connectivity index (χ1v) is 15.3. The number of carbonyl (C=O) groups excluding carboxylic acids is 2. The first-order chi connectivity index (χ1) is 21.0. The highest BCUT2D eigenvalue weighted by atomic mass is 35.5. The smallest absolute Gasteiger partial charge is 0.336 e. The average molecular weight is 629 g/mol. The minimum Gasteiger partial charge on any atom is -0.481 e. The summed E-state index contributed by atoms with van der Waals surface area (Å²) in [4.78, 5) is 52.9. The predicted molar refractivity (Wildman–Crippen MR) is 158 cm³/mol. The molecule has 11 nitrogen and oxygen atoms in total. The molecule has 0 aliphatic carbocycles. The predicted octanol–water partition coefficient (Wildman–Crippen LogP) is 3.23. The lowest BCUT2D eigenvalue weighted by Gasteiger charge is -2.40. The molecule has 2 fully saturated rings. The number of nitrogens with zero attached hydrogens (tertiary/aromatic N) is 2. The van der Waals surface area contributed by atoms with Gasteiger partial charge in [0.2, 0.25) is 5.91 Å². The Balaban J connectivity index is 1.28. The summed E-state index contributed by atoms with van der Waals surface area (Å²) in [5.74, 6) is -4.85. The zero-order chi connectivity index (χ0) is 31.5. The Labute approximate surface area is 260 Å². The largest absolute Gasteiger partial charge is 0.481 e. The van der Waals surface area contributed by atoms with E-state index in [-0.39, 0.29) is 17.3 Å². The first kappa shape index (κ1) is 31.9. The van der Waals surface area contributed by atoms with Crippen molar-refractivity contribution in [3.8, 4) is 5.75 Å². The molecule has 5 rings (SSSR count). The molecule has 236 valence electrons. The van der Waals surface area contributed by atoms with E-state index in [1.807, 2.05) is 17.0 Å². The number of aliphatic carboxylic acids is 2. The van der Waals surface area contributed by atoms with Gasteiger partial charge in [0.1, 0.15) is 5.75 Å². The van der Waals surface area contributed by atoms with Gasteiger partial charge in [0.25, 0.3) is 0 Å². The SMILES string of the molecule is O=C(O)CC(O)(CC(=O)Oc1ccc(Cl)c(CC(CN2CCC3(CC2)OCc2ccccc23)C(=O)N2CCCC2)c1)C(=O)O. The van der Waals surface area contributed by atoms with Crippen LogP contribution in [0.25, 0.3) is 0 Å². The lowest BCUT2D eigenvalue weighted by molar-refractivity contribution is -0.169. The average Bonchev–Trinajstić information content (AvgIpc) is 3.64. The summed E-state index contributed by atoms with van der Waals surface area (Å²) in [6.45, 7) is 4.09. The van der Waals surface area contributed by atoms with Crippen LogP contribution in [0.4, 0.5) is 0 Å². The molecule has 0 aromatic heterocycles. The molecule has 12 heteroatoms. The number of carboxylic acid groups (broad SMARTS) is 2. The number of rotatable bonds is 11. The monoisotopic (exact) mass is 628 g/mol. The zero-order valence-electron chi connectivity index (χ0n) is 24.4. The molecule has 0 saturated carbocycles. The van der Waals surface area contributed by atoms with E-state index in [9.17, 15) is 29.4 Å². The molecule has 3 aliphatic heterocycles. The Morgan fingerprint density at radius 1 is 1.00 bits per heavy atom. The van der Waals surface area contributed by atoms with Crippen LogP contribution in [0.3, 0.4) is 0 Å². The van der Waals surface area contributed by atoms with Crippen LogP contribution in [0.5, 0.6) is 5.75 Å². The Bertz CT molecular complexity index is 1420. The molecular formula is C32H37ClN2O9. The minimum absolute atomic E-state index is 0.0433. The molecule has 3 aliphatic rings. The quantitative estimate of drug-likeness (QED) is 0.250. The number of carboxylic acids is 2. The van der Waals surface area contributed by atoms with Crippen LogP contribution in [0, 0.1) is 5.92 Å². The van der Waals surface area contributed by atoms with E-state index in [0.717, 1.165) is 38.8 Å². The van der Waals surface area contributed by atoms with Gasteiger partial charge in [0.05, 0.1) is 31.0 Å². The second-order valence-electron chi connectivity index (χ2n) is 12.0. The van der Waals surface area contributed by atoms with Crippen LogP contribution >= 0.6 is 11.6 Å². The molecule has 2 aromatic carbocycles. The molecule has 0 bridgehead atoms. The number of hydrogen-bond donors (Lipinski definition) is 3. The molecule has 3 N–H and O–H groups in total. The van der Waals surface area contributed by atoms with Crippen molar-refractivity contribution in [3.05, 3.63) is 64.2 Å². The van der Waals surface area contributed by atoms with Crippen LogP contribution in [0.2, 0.25) is 5.02 Å². The van der Waals surface area contributed by atoms with Crippen molar-refractivity contribution in [2.45, 2.75) is 62.8 Å². The molecule has 0 radical (unpaired) electrons. The van der Waals surface area contributed by atoms with Crippen molar-refractivity contribution >= 4 is 35.4 Å². The van der Waals surface area contributed by atoms with E-state index in [0.29, 0.717) is 43.2 Å². The van der Waals surface area contributed by atoms with Crippen molar-refractivity contribution in [1.29, 1.82) is 0 Å². The second kappa shape index (κ2) is 13.2. The molecule has 1 amide bonds. The summed E-state index contributed by atoms with van der Waals surface area (Å²) < 4.78 is 11.6. The Hall–Kier alpha value is -3.51. The van der Waals surface area contributed by atoms with Gasteiger partial charge >= 0.3 is 17.9 Å². The van der Waals surface area contributed by atoms with Crippen LogP contribution in [0.1, 0.15) is 55.2 Å². The summed E-state index contributed by atoms with van der Waals surface area (Å²) in [5, 5.41) is 28.8. The maximum atomic E-state index is 13.7. The van der Waals surface area contributed by atoms with Crippen LogP contribution in [-0.4, -0.2) is 87.3 Å². The first-order valence-electron chi connectivity index (χ1n) is 14.9. The van der Waals surface area contributed by atoms with Crippen molar-refractivity contribution in [2.75, 3.05) is 32.7 Å². The van der Waals surface area contributed by atoms with Gasteiger partial charge in [-0.3, -0.25) is 14.4 Å². The molecule has 3 heterocycles. The number of aliphatic hydroxyl groups is 1. The second-order valence-corrected chi connectivity index (χ2v) is 12.4. The third-order valence-corrected chi connectivity index (χ3v) is 9.28. The van der Waals surface area contributed by atoms with E-state index in [4.69, 9.17) is 26.2 Å². The molecular weight excluding hydrogens is 592 g/mol. The number of hydrogen-bond acceptors (Lipinski definition) is 8. The van der Waals surface area contributed by atoms with Crippen LogP contribution in [0.15, 0.2) is 42.5 Å². The Morgan fingerprint density at radius 3 is 2.39 bits per heavy atom. The molecule has 2 unspecified atom stereocenters. The van der Waals surface area contributed by atoms with Crippen molar-refractivity contribution in [2.24, 2.45) is 5.92 Å². The number of carbonyl (C=O) groups is 4. The normalized spacial score (nSPS) is 19.7.